The molecule has 2 saturated carbocycles. The van der Waals surface area contributed by atoms with Gasteiger partial charge in [-0.2, -0.15) is 0 Å². The van der Waals surface area contributed by atoms with Gasteiger partial charge >= 0.3 is 0 Å². The first kappa shape index (κ1) is 13.4. The molecular formula is C15H28O2. The molecule has 100 valence electrons. The van der Waals surface area contributed by atoms with Crippen molar-refractivity contribution < 1.29 is 9.84 Å². The van der Waals surface area contributed by atoms with Crippen LogP contribution in [-0.2, 0) is 4.74 Å². The van der Waals surface area contributed by atoms with Gasteiger partial charge in [-0.1, -0.05) is 32.6 Å². The van der Waals surface area contributed by atoms with Gasteiger partial charge in [-0.15, -0.1) is 0 Å². The Morgan fingerprint density at radius 2 is 1.82 bits per heavy atom. The monoisotopic (exact) mass is 240 g/mol. The Bertz CT molecular complexity index is 225. The second-order valence-electron chi connectivity index (χ2n) is 5.86. The van der Waals surface area contributed by atoms with Crippen LogP contribution in [0.4, 0.5) is 0 Å². The van der Waals surface area contributed by atoms with Gasteiger partial charge in [0.1, 0.15) is 0 Å². The predicted octanol–water partition coefficient (Wildman–Crippen LogP) is 3.38. The zero-order valence-electron chi connectivity index (χ0n) is 11.4. The first-order valence-corrected chi connectivity index (χ1v) is 7.57. The van der Waals surface area contributed by atoms with Crippen molar-refractivity contribution in [1.29, 1.82) is 0 Å². The highest BCUT2D eigenvalue weighted by Gasteiger charge is 2.42. The lowest BCUT2D eigenvalue weighted by molar-refractivity contribution is -0.0872. The van der Waals surface area contributed by atoms with Crippen molar-refractivity contribution in [1.82, 2.24) is 0 Å². The summed E-state index contributed by atoms with van der Waals surface area (Å²) in [6.45, 7) is 5.05. The number of hydrogen-bond acceptors (Lipinski definition) is 2. The summed E-state index contributed by atoms with van der Waals surface area (Å²) in [5, 5.41) is 10.7. The Balaban J connectivity index is 1.96. The molecular weight excluding hydrogens is 212 g/mol. The lowest BCUT2D eigenvalue weighted by Crippen LogP contribution is -2.41. The summed E-state index contributed by atoms with van der Waals surface area (Å²) >= 11 is 0. The smallest absolute Gasteiger partial charge is 0.0864 e. The molecule has 17 heavy (non-hydrogen) atoms. The lowest BCUT2D eigenvalue weighted by atomic mass is 9.73. The SMILES string of the molecule is CCOC(C1CC1)C(O)C1CCCCC1CC. The summed E-state index contributed by atoms with van der Waals surface area (Å²) in [5.74, 6) is 1.86. The van der Waals surface area contributed by atoms with Crippen molar-refractivity contribution in [2.45, 2.75) is 71.0 Å². The normalized spacial score (nSPS) is 33.4. The maximum absolute atomic E-state index is 10.7. The van der Waals surface area contributed by atoms with E-state index < -0.39 is 0 Å². The van der Waals surface area contributed by atoms with Crippen molar-refractivity contribution in [3.63, 3.8) is 0 Å². The second-order valence-corrected chi connectivity index (χ2v) is 5.86. The van der Waals surface area contributed by atoms with Gasteiger partial charge in [-0.25, -0.2) is 0 Å². The van der Waals surface area contributed by atoms with E-state index in [-0.39, 0.29) is 12.2 Å². The van der Waals surface area contributed by atoms with Crippen molar-refractivity contribution in [2.24, 2.45) is 17.8 Å². The standard InChI is InChI=1S/C15H28O2/c1-3-11-7-5-6-8-13(11)14(16)15(17-4-2)12-9-10-12/h11-16H,3-10H2,1-2H3. The van der Waals surface area contributed by atoms with E-state index in [1.807, 2.05) is 6.92 Å². The average Bonchev–Trinajstić information content (AvgIpc) is 3.19. The van der Waals surface area contributed by atoms with Gasteiger partial charge in [0.25, 0.3) is 0 Å². The molecule has 2 fully saturated rings. The molecule has 2 aliphatic rings. The molecule has 4 atom stereocenters. The molecule has 0 spiro atoms. The first-order valence-electron chi connectivity index (χ1n) is 7.57. The van der Waals surface area contributed by atoms with Crippen LogP contribution in [0.1, 0.15) is 58.8 Å². The topological polar surface area (TPSA) is 29.5 Å². The van der Waals surface area contributed by atoms with Crippen LogP contribution in [0, 0.1) is 17.8 Å². The summed E-state index contributed by atoms with van der Waals surface area (Å²) in [7, 11) is 0. The highest BCUT2D eigenvalue weighted by Crippen LogP contribution is 2.42. The quantitative estimate of drug-likeness (QED) is 0.771. The number of ether oxygens (including phenoxy) is 1. The number of rotatable bonds is 6. The molecule has 0 bridgehead atoms. The van der Waals surface area contributed by atoms with Crippen LogP contribution < -0.4 is 0 Å². The predicted molar refractivity (Wildman–Crippen MR) is 69.9 cm³/mol. The van der Waals surface area contributed by atoms with Gasteiger partial charge in [0, 0.05) is 6.61 Å². The largest absolute Gasteiger partial charge is 0.390 e. The number of hydrogen-bond donors (Lipinski definition) is 1. The van der Waals surface area contributed by atoms with Crippen LogP contribution in [0.5, 0.6) is 0 Å². The maximum Gasteiger partial charge on any atom is 0.0864 e. The van der Waals surface area contributed by atoms with Gasteiger partial charge in [0.2, 0.25) is 0 Å². The summed E-state index contributed by atoms with van der Waals surface area (Å²) < 4.78 is 5.82. The fourth-order valence-electron chi connectivity index (χ4n) is 3.57. The molecule has 0 aromatic rings. The third-order valence-corrected chi connectivity index (χ3v) is 4.71. The van der Waals surface area contributed by atoms with Crippen LogP contribution >= 0.6 is 0 Å². The molecule has 0 heterocycles. The first-order chi connectivity index (χ1) is 8.27. The van der Waals surface area contributed by atoms with Gasteiger partial charge in [-0.05, 0) is 43.9 Å². The maximum atomic E-state index is 10.7. The van der Waals surface area contributed by atoms with Gasteiger partial charge in [-0.3, -0.25) is 0 Å². The minimum atomic E-state index is -0.215. The van der Waals surface area contributed by atoms with E-state index in [9.17, 15) is 5.11 Å². The summed E-state index contributed by atoms with van der Waals surface area (Å²) in [6, 6.07) is 0. The van der Waals surface area contributed by atoms with Crippen LogP contribution in [0.2, 0.25) is 0 Å². The fraction of sp³-hybridized carbons (Fsp3) is 1.00. The zero-order chi connectivity index (χ0) is 12.3. The van der Waals surface area contributed by atoms with E-state index in [1.54, 1.807) is 0 Å². The Morgan fingerprint density at radius 1 is 1.12 bits per heavy atom. The van der Waals surface area contributed by atoms with Crippen LogP contribution in [0.15, 0.2) is 0 Å². The summed E-state index contributed by atoms with van der Waals surface area (Å²) in [4.78, 5) is 0. The molecule has 2 aliphatic carbocycles. The number of aliphatic hydroxyl groups is 1. The van der Waals surface area contributed by atoms with E-state index in [0.717, 1.165) is 12.5 Å². The van der Waals surface area contributed by atoms with E-state index in [4.69, 9.17) is 4.74 Å². The van der Waals surface area contributed by atoms with Crippen molar-refractivity contribution in [3.05, 3.63) is 0 Å². The third-order valence-electron chi connectivity index (χ3n) is 4.71. The Morgan fingerprint density at radius 3 is 2.41 bits per heavy atom. The van der Waals surface area contributed by atoms with Crippen molar-refractivity contribution in [3.8, 4) is 0 Å². The summed E-state index contributed by atoms with van der Waals surface area (Å²) in [5.41, 5.74) is 0. The zero-order valence-corrected chi connectivity index (χ0v) is 11.4. The average molecular weight is 240 g/mol. The molecule has 0 amide bonds. The Hall–Kier alpha value is -0.0800. The number of aliphatic hydroxyl groups excluding tert-OH is 1. The molecule has 0 saturated heterocycles. The molecule has 0 radical (unpaired) electrons. The van der Waals surface area contributed by atoms with Gasteiger partial charge in [0.05, 0.1) is 12.2 Å². The Labute approximate surface area is 106 Å². The third kappa shape index (κ3) is 3.23. The molecule has 2 heteroatoms. The molecule has 0 aromatic heterocycles. The van der Waals surface area contributed by atoms with E-state index >= 15 is 0 Å². The molecule has 2 nitrogen and oxygen atoms in total. The minimum Gasteiger partial charge on any atom is -0.390 e. The second kappa shape index (κ2) is 6.19. The van der Waals surface area contributed by atoms with Gasteiger partial charge in [0.15, 0.2) is 0 Å². The molecule has 1 N–H and O–H groups in total. The lowest BCUT2D eigenvalue weighted by Gasteiger charge is -2.37. The Kier molecular flexibility index (Phi) is 4.87. The van der Waals surface area contributed by atoms with Gasteiger partial charge < -0.3 is 9.84 Å². The van der Waals surface area contributed by atoms with Crippen molar-refractivity contribution in [2.75, 3.05) is 6.61 Å². The molecule has 0 aliphatic heterocycles. The van der Waals surface area contributed by atoms with Crippen LogP contribution in [0.25, 0.3) is 0 Å². The van der Waals surface area contributed by atoms with Crippen LogP contribution in [0.3, 0.4) is 0 Å². The van der Waals surface area contributed by atoms with E-state index in [1.165, 1.54) is 44.9 Å². The molecule has 0 aromatic carbocycles. The summed E-state index contributed by atoms with van der Waals surface area (Å²) in [6.07, 6.45) is 8.79. The van der Waals surface area contributed by atoms with Crippen LogP contribution in [-0.4, -0.2) is 23.9 Å². The molecule has 2 rings (SSSR count). The molecule has 4 unspecified atom stereocenters. The highest BCUT2D eigenvalue weighted by molar-refractivity contribution is 4.92. The van der Waals surface area contributed by atoms with Crippen molar-refractivity contribution >= 4 is 0 Å². The van der Waals surface area contributed by atoms with E-state index in [2.05, 4.69) is 6.92 Å². The highest BCUT2D eigenvalue weighted by atomic mass is 16.5. The fourth-order valence-corrected chi connectivity index (χ4v) is 3.57. The van der Waals surface area contributed by atoms with E-state index in [0.29, 0.717) is 11.8 Å². The minimum absolute atomic E-state index is 0.122.